The minimum atomic E-state index is 0.0270. The van der Waals surface area contributed by atoms with Crippen LogP contribution in [0.1, 0.15) is 28.9 Å². The fourth-order valence-corrected chi connectivity index (χ4v) is 4.97. The number of amides is 1. The van der Waals surface area contributed by atoms with Crippen molar-refractivity contribution in [3.05, 3.63) is 23.2 Å². The van der Waals surface area contributed by atoms with E-state index in [2.05, 4.69) is 15.6 Å². The zero-order valence-electron chi connectivity index (χ0n) is 12.2. The maximum absolute atomic E-state index is 12.4. The molecule has 4 heterocycles. The summed E-state index contributed by atoms with van der Waals surface area (Å²) in [7, 11) is 1.63. The number of carbonyl (C=O) groups is 1. The molecule has 0 radical (unpaired) electrons. The number of carbonyl (C=O) groups excluding carboxylic acids is 1. The summed E-state index contributed by atoms with van der Waals surface area (Å²) in [5, 5.41) is 8.39. The van der Waals surface area contributed by atoms with Gasteiger partial charge in [-0.15, -0.1) is 11.3 Å². The molecule has 1 amide bonds. The van der Waals surface area contributed by atoms with E-state index in [1.165, 1.54) is 35.5 Å². The maximum atomic E-state index is 12.4. The third-order valence-electron chi connectivity index (χ3n) is 4.34. The van der Waals surface area contributed by atoms with Crippen LogP contribution >= 0.6 is 22.7 Å². The lowest BCUT2D eigenvalue weighted by molar-refractivity contribution is 0.0935. The average Bonchev–Trinajstić information content (AvgIpc) is 3.28. The molecule has 2 fully saturated rings. The molecule has 5 nitrogen and oxygen atoms in total. The first kappa shape index (κ1) is 14.2. The van der Waals surface area contributed by atoms with Crippen LogP contribution in [-0.2, 0) is 0 Å². The molecule has 0 aromatic carbocycles. The van der Waals surface area contributed by atoms with E-state index in [9.17, 15) is 4.79 Å². The number of nitrogens with zero attached hydrogens (tertiary/aromatic N) is 1. The van der Waals surface area contributed by atoms with Gasteiger partial charge in [-0.1, -0.05) is 11.3 Å². The fraction of sp³-hybridized carbons (Fsp3) is 0.467. The lowest BCUT2D eigenvalue weighted by Crippen LogP contribution is -2.42. The summed E-state index contributed by atoms with van der Waals surface area (Å²) in [6, 6.07) is 5.16. The molecule has 0 unspecified atom stereocenters. The third-order valence-corrected chi connectivity index (χ3v) is 6.55. The summed E-state index contributed by atoms with van der Waals surface area (Å²) in [4.78, 5) is 18.5. The van der Waals surface area contributed by atoms with Crippen molar-refractivity contribution in [2.24, 2.45) is 0 Å². The number of hydrogen-bond donors (Lipinski definition) is 2. The monoisotopic (exact) mass is 335 g/mol. The quantitative estimate of drug-likeness (QED) is 0.901. The van der Waals surface area contributed by atoms with E-state index in [1.807, 2.05) is 12.1 Å². The molecule has 2 bridgehead atoms. The smallest absolute Gasteiger partial charge is 0.261 e. The molecular weight excluding hydrogens is 318 g/mol. The first-order chi connectivity index (χ1) is 10.7. The van der Waals surface area contributed by atoms with Gasteiger partial charge in [0.2, 0.25) is 0 Å². The normalized spacial score (nSPS) is 26.3. The van der Waals surface area contributed by atoms with Gasteiger partial charge in [0.05, 0.1) is 23.1 Å². The van der Waals surface area contributed by atoms with Crippen molar-refractivity contribution in [2.45, 2.75) is 37.4 Å². The Morgan fingerprint density at radius 1 is 1.41 bits per heavy atom. The van der Waals surface area contributed by atoms with Crippen molar-refractivity contribution in [1.82, 2.24) is 15.6 Å². The highest BCUT2D eigenvalue weighted by molar-refractivity contribution is 7.23. The molecule has 0 aliphatic carbocycles. The van der Waals surface area contributed by atoms with Gasteiger partial charge in [0.15, 0.2) is 5.06 Å². The van der Waals surface area contributed by atoms with E-state index >= 15 is 0 Å². The Balaban J connectivity index is 1.45. The molecule has 116 valence electrons. The number of aromatic nitrogens is 1. The van der Waals surface area contributed by atoms with Crippen LogP contribution in [0.15, 0.2) is 18.3 Å². The van der Waals surface area contributed by atoms with Gasteiger partial charge in [-0.3, -0.25) is 4.79 Å². The van der Waals surface area contributed by atoms with Crippen LogP contribution in [0.25, 0.3) is 9.88 Å². The largest absolute Gasteiger partial charge is 0.486 e. The number of nitrogens with one attached hydrogen (secondary N) is 2. The van der Waals surface area contributed by atoms with Gasteiger partial charge in [0.1, 0.15) is 5.01 Å². The minimum absolute atomic E-state index is 0.0270. The molecule has 0 saturated carbocycles. The Kier molecular flexibility index (Phi) is 3.63. The van der Waals surface area contributed by atoms with Gasteiger partial charge in [0.25, 0.3) is 5.91 Å². The molecule has 2 N–H and O–H groups in total. The average molecular weight is 335 g/mol. The second-order valence-corrected chi connectivity index (χ2v) is 7.79. The Bertz CT molecular complexity index is 697. The summed E-state index contributed by atoms with van der Waals surface area (Å²) < 4.78 is 5.16. The van der Waals surface area contributed by atoms with Crippen molar-refractivity contribution in [3.8, 4) is 14.9 Å². The number of rotatable bonds is 4. The highest BCUT2D eigenvalue weighted by atomic mass is 32.1. The summed E-state index contributed by atoms with van der Waals surface area (Å²) in [5.41, 5.74) is 0. The lowest BCUT2D eigenvalue weighted by Gasteiger charge is -2.20. The van der Waals surface area contributed by atoms with Gasteiger partial charge in [-0.25, -0.2) is 4.98 Å². The van der Waals surface area contributed by atoms with E-state index in [-0.39, 0.29) is 11.9 Å². The van der Waals surface area contributed by atoms with Gasteiger partial charge in [-0.05, 0) is 31.4 Å². The summed E-state index contributed by atoms with van der Waals surface area (Å²) in [6.45, 7) is 0. The van der Waals surface area contributed by atoms with Crippen molar-refractivity contribution in [3.63, 3.8) is 0 Å². The summed E-state index contributed by atoms with van der Waals surface area (Å²) >= 11 is 2.97. The highest BCUT2D eigenvalue weighted by Crippen LogP contribution is 2.34. The standard InChI is InChI=1S/C15H17N3O2S2/c1-20-13-7-16-15(22-13)12-5-4-11(21-12)14(19)18-10-6-8-2-3-9(10)17-8/h4-5,7-10,17H,2-3,6H2,1H3,(H,18,19)/t8-,9+,10-/m1/s1. The number of fused-ring (bicyclic) bond motifs is 2. The summed E-state index contributed by atoms with van der Waals surface area (Å²) in [6.07, 6.45) is 5.18. The Labute approximate surface area is 136 Å². The Hall–Kier alpha value is -1.44. The highest BCUT2D eigenvalue weighted by Gasteiger charge is 2.39. The van der Waals surface area contributed by atoms with Gasteiger partial charge in [0, 0.05) is 18.1 Å². The fourth-order valence-electron chi connectivity index (χ4n) is 3.27. The van der Waals surface area contributed by atoms with Crippen molar-refractivity contribution in [2.75, 3.05) is 7.11 Å². The van der Waals surface area contributed by atoms with Crippen LogP contribution in [0.4, 0.5) is 0 Å². The second-order valence-electron chi connectivity index (χ2n) is 5.72. The zero-order chi connectivity index (χ0) is 15.1. The molecule has 3 atom stereocenters. The number of thiophene rings is 1. The zero-order valence-corrected chi connectivity index (χ0v) is 13.8. The maximum Gasteiger partial charge on any atom is 0.261 e. The number of hydrogen-bond acceptors (Lipinski definition) is 6. The van der Waals surface area contributed by atoms with Crippen molar-refractivity contribution < 1.29 is 9.53 Å². The molecule has 2 aliphatic rings. The van der Waals surface area contributed by atoms with Crippen LogP contribution in [-0.4, -0.2) is 36.1 Å². The molecule has 0 spiro atoms. The van der Waals surface area contributed by atoms with Crippen molar-refractivity contribution in [1.29, 1.82) is 0 Å². The second kappa shape index (κ2) is 5.64. The van der Waals surface area contributed by atoms with E-state index in [4.69, 9.17) is 4.74 Å². The van der Waals surface area contributed by atoms with E-state index in [0.29, 0.717) is 12.1 Å². The first-order valence-corrected chi connectivity index (χ1v) is 9.03. The predicted molar refractivity (Wildman–Crippen MR) is 87.8 cm³/mol. The van der Waals surface area contributed by atoms with Crippen LogP contribution in [0.5, 0.6) is 5.06 Å². The topological polar surface area (TPSA) is 63.2 Å². The Morgan fingerprint density at radius 2 is 2.32 bits per heavy atom. The number of methoxy groups -OCH3 is 1. The SMILES string of the molecule is COc1cnc(-c2ccc(C(=O)N[C@@H]3C[C@H]4CC[C@@H]3N4)s2)s1. The molecule has 2 aromatic heterocycles. The third kappa shape index (κ3) is 2.53. The Morgan fingerprint density at radius 3 is 3.00 bits per heavy atom. The number of ether oxygens (including phenoxy) is 1. The molecular formula is C15H17N3O2S2. The molecule has 2 saturated heterocycles. The van der Waals surface area contributed by atoms with Crippen LogP contribution in [0, 0.1) is 0 Å². The molecule has 22 heavy (non-hydrogen) atoms. The van der Waals surface area contributed by atoms with Gasteiger partial charge < -0.3 is 15.4 Å². The van der Waals surface area contributed by atoms with Crippen molar-refractivity contribution >= 4 is 28.6 Å². The van der Waals surface area contributed by atoms with E-state index < -0.39 is 0 Å². The van der Waals surface area contributed by atoms with E-state index in [1.54, 1.807) is 13.3 Å². The first-order valence-electron chi connectivity index (χ1n) is 7.40. The predicted octanol–water partition coefficient (Wildman–Crippen LogP) is 2.50. The molecule has 7 heteroatoms. The lowest BCUT2D eigenvalue weighted by atomic mass is 9.95. The van der Waals surface area contributed by atoms with Gasteiger partial charge >= 0.3 is 0 Å². The molecule has 2 aliphatic heterocycles. The molecule has 4 rings (SSSR count). The van der Waals surface area contributed by atoms with E-state index in [0.717, 1.165) is 26.2 Å². The number of thiazole rings is 1. The van der Waals surface area contributed by atoms with Crippen LogP contribution in [0.3, 0.4) is 0 Å². The van der Waals surface area contributed by atoms with Crippen LogP contribution < -0.4 is 15.4 Å². The minimum Gasteiger partial charge on any atom is -0.486 e. The molecule has 2 aromatic rings. The summed E-state index contributed by atoms with van der Waals surface area (Å²) in [5.74, 6) is 0.0270. The van der Waals surface area contributed by atoms with Crippen LogP contribution in [0.2, 0.25) is 0 Å². The van der Waals surface area contributed by atoms with Gasteiger partial charge in [-0.2, -0.15) is 0 Å².